The van der Waals surface area contributed by atoms with Crippen LogP contribution in [0.3, 0.4) is 0 Å². The highest BCUT2D eigenvalue weighted by atomic mass is 32.1. The molecule has 182 valence electrons. The highest BCUT2D eigenvalue weighted by molar-refractivity contribution is 7.29. The first kappa shape index (κ1) is 23.9. The molecule has 3 aromatic rings. The molecule has 9 heteroatoms. The van der Waals surface area contributed by atoms with E-state index in [9.17, 15) is 14.9 Å². The Balaban J connectivity index is 1.27. The van der Waals surface area contributed by atoms with Crippen molar-refractivity contribution in [2.45, 2.75) is 44.8 Å². The molecule has 35 heavy (non-hydrogen) atoms. The Hall–Kier alpha value is -2.77. The minimum absolute atomic E-state index is 0.160. The van der Waals surface area contributed by atoms with Crippen LogP contribution in [0.25, 0.3) is 19.8 Å². The Morgan fingerprint density at radius 3 is 2.94 bits per heavy atom. The molecule has 2 aromatic heterocycles. The molecular weight excluding hydrogens is 480 g/mol. The van der Waals surface area contributed by atoms with Crippen LogP contribution in [0.5, 0.6) is 0 Å². The first-order valence-corrected chi connectivity index (χ1v) is 13.7. The van der Waals surface area contributed by atoms with E-state index >= 15 is 0 Å². The highest BCUT2D eigenvalue weighted by Crippen LogP contribution is 2.41. The molecule has 2 amide bonds. The predicted octanol–water partition coefficient (Wildman–Crippen LogP) is 3.86. The van der Waals surface area contributed by atoms with Crippen molar-refractivity contribution >= 4 is 49.6 Å². The number of amides is 2. The van der Waals surface area contributed by atoms with Crippen molar-refractivity contribution in [1.82, 2.24) is 10.6 Å². The van der Waals surface area contributed by atoms with Crippen LogP contribution in [-0.2, 0) is 27.2 Å². The quantitative estimate of drug-likeness (QED) is 0.527. The standard InChI is InChI=1S/C26H28N4O3S2/c1-2-30-20-9-17(6-5-16(20)10-25(30)31)22-13-24-23(35-22)12-19(34-24)11-18(14-27)29-26(32)21-15-28-7-3-4-8-33-21/h5-6,9,12-13,18,21,28H,2-4,7-8,10-11,15H2,1H3,(H,29,32). The molecule has 7 nitrogen and oxygen atoms in total. The lowest BCUT2D eigenvalue weighted by atomic mass is 10.1. The maximum Gasteiger partial charge on any atom is 0.251 e. The summed E-state index contributed by atoms with van der Waals surface area (Å²) >= 11 is 3.37. The van der Waals surface area contributed by atoms with Crippen LogP contribution in [-0.4, -0.2) is 50.2 Å². The van der Waals surface area contributed by atoms with E-state index in [0.717, 1.165) is 46.0 Å². The molecule has 2 unspecified atom stereocenters. The average molecular weight is 509 g/mol. The number of fused-ring (bicyclic) bond motifs is 2. The first-order chi connectivity index (χ1) is 17.1. The number of ether oxygens (including phenoxy) is 1. The van der Waals surface area contributed by atoms with Crippen molar-refractivity contribution in [3.8, 4) is 16.5 Å². The number of nitrogens with one attached hydrogen (secondary N) is 2. The number of nitrogens with zero attached hydrogens (tertiary/aromatic N) is 2. The van der Waals surface area contributed by atoms with Gasteiger partial charge in [0.05, 0.1) is 12.5 Å². The van der Waals surface area contributed by atoms with E-state index in [1.165, 1.54) is 9.40 Å². The van der Waals surface area contributed by atoms with Gasteiger partial charge in [0, 0.05) is 51.0 Å². The van der Waals surface area contributed by atoms with Crippen molar-refractivity contribution in [2.75, 3.05) is 31.1 Å². The fourth-order valence-electron chi connectivity index (χ4n) is 4.62. The summed E-state index contributed by atoms with van der Waals surface area (Å²) in [5, 5.41) is 15.7. The van der Waals surface area contributed by atoms with Gasteiger partial charge in [0.2, 0.25) is 5.91 Å². The van der Waals surface area contributed by atoms with E-state index in [0.29, 0.717) is 32.5 Å². The summed E-state index contributed by atoms with van der Waals surface area (Å²) in [6.45, 7) is 4.59. The summed E-state index contributed by atoms with van der Waals surface area (Å²) < 4.78 is 8.01. The van der Waals surface area contributed by atoms with E-state index in [-0.39, 0.29) is 11.8 Å². The number of thiophene rings is 2. The summed E-state index contributed by atoms with van der Waals surface area (Å²) in [5.41, 5.74) is 3.22. The van der Waals surface area contributed by atoms with Gasteiger partial charge in [-0.3, -0.25) is 9.59 Å². The van der Waals surface area contributed by atoms with E-state index < -0.39 is 12.1 Å². The SMILES string of the molecule is CCN1C(=O)Cc2ccc(-c3cc4sc(CC(C#N)NC(=O)C5CNCCCCO5)cc4s3)cc21. The third-order valence-corrected chi connectivity index (χ3v) is 8.81. The van der Waals surface area contributed by atoms with Gasteiger partial charge >= 0.3 is 0 Å². The summed E-state index contributed by atoms with van der Waals surface area (Å²) in [4.78, 5) is 28.9. The molecular formula is C26H28N4O3S2. The Labute approximate surface area is 212 Å². The maximum absolute atomic E-state index is 12.6. The van der Waals surface area contributed by atoms with Crippen LogP contribution in [0.4, 0.5) is 5.69 Å². The number of likely N-dealkylation sites (N-methyl/N-ethyl adjacent to an activating group) is 1. The summed E-state index contributed by atoms with van der Waals surface area (Å²) in [6, 6.07) is 12.2. The molecule has 2 N–H and O–H groups in total. The van der Waals surface area contributed by atoms with Crippen LogP contribution in [0.2, 0.25) is 0 Å². The zero-order chi connectivity index (χ0) is 24.4. The Morgan fingerprint density at radius 2 is 2.14 bits per heavy atom. The van der Waals surface area contributed by atoms with Crippen LogP contribution < -0.4 is 15.5 Å². The lowest BCUT2D eigenvalue weighted by Gasteiger charge is -2.22. The molecule has 4 heterocycles. The smallest absolute Gasteiger partial charge is 0.251 e. The average Bonchev–Trinajstić information content (AvgIpc) is 3.48. The van der Waals surface area contributed by atoms with E-state index in [2.05, 4.69) is 47.0 Å². The van der Waals surface area contributed by atoms with Gasteiger partial charge in [-0.2, -0.15) is 5.26 Å². The second-order valence-electron chi connectivity index (χ2n) is 8.88. The third kappa shape index (κ3) is 5.11. The molecule has 2 atom stereocenters. The summed E-state index contributed by atoms with van der Waals surface area (Å²) in [7, 11) is 0. The van der Waals surface area contributed by atoms with Crippen LogP contribution in [0, 0.1) is 11.3 Å². The Kier molecular flexibility index (Phi) is 7.16. The van der Waals surface area contributed by atoms with Gasteiger partial charge in [0.25, 0.3) is 5.91 Å². The molecule has 1 aromatic carbocycles. The number of anilines is 1. The van der Waals surface area contributed by atoms with Gasteiger partial charge in [0.1, 0.15) is 12.1 Å². The largest absolute Gasteiger partial charge is 0.367 e. The molecule has 1 fully saturated rings. The lowest BCUT2D eigenvalue weighted by Crippen LogP contribution is -2.47. The van der Waals surface area contributed by atoms with E-state index in [4.69, 9.17) is 4.74 Å². The molecule has 0 aliphatic carbocycles. The Morgan fingerprint density at radius 1 is 1.29 bits per heavy atom. The fraction of sp³-hybridized carbons (Fsp3) is 0.423. The van der Waals surface area contributed by atoms with Gasteiger partial charge in [0.15, 0.2) is 0 Å². The highest BCUT2D eigenvalue weighted by Gasteiger charge is 2.27. The predicted molar refractivity (Wildman–Crippen MR) is 140 cm³/mol. The molecule has 0 saturated carbocycles. The normalized spacial score (nSPS) is 19.1. The van der Waals surface area contributed by atoms with Crippen LogP contribution in [0.15, 0.2) is 30.3 Å². The Bertz CT molecular complexity index is 1250. The van der Waals surface area contributed by atoms with Crippen molar-refractivity contribution in [3.05, 3.63) is 40.8 Å². The molecule has 0 spiro atoms. The zero-order valence-corrected chi connectivity index (χ0v) is 21.3. The number of benzene rings is 1. The minimum atomic E-state index is -0.599. The molecule has 2 aliphatic rings. The lowest BCUT2D eigenvalue weighted by molar-refractivity contribution is -0.133. The molecule has 0 bridgehead atoms. The monoisotopic (exact) mass is 508 g/mol. The molecule has 5 rings (SSSR count). The molecule has 1 saturated heterocycles. The second kappa shape index (κ2) is 10.5. The van der Waals surface area contributed by atoms with Crippen molar-refractivity contribution in [2.24, 2.45) is 0 Å². The van der Waals surface area contributed by atoms with Gasteiger partial charge < -0.3 is 20.3 Å². The number of carbonyl (C=O) groups excluding carboxylic acids is 2. The number of hydrogen-bond donors (Lipinski definition) is 2. The minimum Gasteiger partial charge on any atom is -0.367 e. The third-order valence-electron chi connectivity index (χ3n) is 6.44. The van der Waals surface area contributed by atoms with Crippen LogP contribution in [0.1, 0.15) is 30.2 Å². The number of carbonyl (C=O) groups is 2. The fourth-order valence-corrected chi connectivity index (χ4v) is 7.08. The summed E-state index contributed by atoms with van der Waals surface area (Å²) in [6.07, 6.45) is 2.34. The van der Waals surface area contributed by atoms with Gasteiger partial charge in [-0.05, 0) is 55.6 Å². The van der Waals surface area contributed by atoms with Crippen molar-refractivity contribution in [3.63, 3.8) is 0 Å². The molecule has 2 aliphatic heterocycles. The maximum atomic E-state index is 12.6. The van der Waals surface area contributed by atoms with Crippen molar-refractivity contribution in [1.29, 1.82) is 5.26 Å². The summed E-state index contributed by atoms with van der Waals surface area (Å²) in [5.74, 6) is -0.0734. The van der Waals surface area contributed by atoms with Crippen molar-refractivity contribution < 1.29 is 14.3 Å². The zero-order valence-electron chi connectivity index (χ0n) is 19.6. The van der Waals surface area contributed by atoms with Crippen LogP contribution >= 0.6 is 22.7 Å². The molecule has 0 radical (unpaired) electrons. The number of rotatable bonds is 6. The first-order valence-electron chi connectivity index (χ1n) is 12.0. The number of nitriles is 1. The topological polar surface area (TPSA) is 94.5 Å². The van der Waals surface area contributed by atoms with E-state index in [1.807, 2.05) is 11.8 Å². The van der Waals surface area contributed by atoms with Gasteiger partial charge in [-0.15, -0.1) is 22.7 Å². The second-order valence-corrected chi connectivity index (χ2v) is 11.1. The van der Waals surface area contributed by atoms with E-state index in [1.54, 1.807) is 22.7 Å². The number of hydrogen-bond acceptors (Lipinski definition) is 7. The van der Waals surface area contributed by atoms with Gasteiger partial charge in [-0.1, -0.05) is 12.1 Å². The van der Waals surface area contributed by atoms with Gasteiger partial charge in [-0.25, -0.2) is 0 Å².